The van der Waals surface area contributed by atoms with Crippen molar-refractivity contribution in [3.8, 4) is 22.6 Å². The topological polar surface area (TPSA) is 120 Å². The van der Waals surface area contributed by atoms with Crippen LogP contribution in [0.4, 0.5) is 0 Å². The molecule has 8 nitrogen and oxygen atoms in total. The standard InChI is InChI=1S/C32H34N4O3.CH4O/c1-4-9-29-35-28(6-3)30(39-25-18-14-22(5-2)15-19-25)32(38)36(29)20-23-12-16-24(17-13-23)26-10-7-8-11-27(26)31(33)34-21-37;1-2/h7-8,10-19,21H,4-6,9,20H2,1-3H3,(H2,33,34,37);2H,1H3. The lowest BCUT2D eigenvalue weighted by atomic mass is 9.98. The van der Waals surface area contributed by atoms with Crippen LogP contribution >= 0.6 is 0 Å². The van der Waals surface area contributed by atoms with Gasteiger partial charge in [-0.2, -0.15) is 4.99 Å². The Morgan fingerprint density at radius 3 is 2.22 bits per heavy atom. The SMILES string of the molecule is CCCc1nc(CC)c(Oc2ccc(CC)cc2)c(=O)n1Cc1ccc(-c2ccccc2C(N)=NC=O)cc1.CO. The van der Waals surface area contributed by atoms with Gasteiger partial charge >= 0.3 is 0 Å². The molecule has 4 aromatic rings. The Morgan fingerprint density at radius 1 is 0.951 bits per heavy atom. The molecule has 0 aliphatic carbocycles. The van der Waals surface area contributed by atoms with Crippen LogP contribution in [-0.4, -0.2) is 34.0 Å². The van der Waals surface area contributed by atoms with Crippen molar-refractivity contribution in [1.29, 1.82) is 0 Å². The number of benzene rings is 3. The number of aliphatic hydroxyl groups is 1. The molecule has 0 saturated heterocycles. The molecule has 0 aliphatic heterocycles. The number of hydrogen-bond donors (Lipinski definition) is 2. The average molecular weight is 555 g/mol. The van der Waals surface area contributed by atoms with Gasteiger partial charge in [0.25, 0.3) is 5.56 Å². The zero-order valence-electron chi connectivity index (χ0n) is 24.1. The van der Waals surface area contributed by atoms with Crippen LogP contribution in [0.15, 0.2) is 82.6 Å². The first kappa shape index (κ1) is 31.0. The van der Waals surface area contributed by atoms with E-state index in [2.05, 4.69) is 18.8 Å². The van der Waals surface area contributed by atoms with Crippen molar-refractivity contribution in [3.63, 3.8) is 0 Å². The lowest BCUT2D eigenvalue weighted by Gasteiger charge is -2.17. The van der Waals surface area contributed by atoms with Crippen LogP contribution in [-0.2, 0) is 30.6 Å². The van der Waals surface area contributed by atoms with E-state index in [0.717, 1.165) is 42.5 Å². The van der Waals surface area contributed by atoms with E-state index in [1.54, 1.807) is 4.57 Å². The normalized spacial score (nSPS) is 11.0. The Balaban J connectivity index is 0.00000226. The van der Waals surface area contributed by atoms with Gasteiger partial charge in [0.05, 0.1) is 12.2 Å². The third-order valence-electron chi connectivity index (χ3n) is 6.64. The number of rotatable bonds is 11. The third-order valence-corrected chi connectivity index (χ3v) is 6.64. The number of aliphatic imine (C=N–C) groups is 1. The molecular weight excluding hydrogens is 516 g/mol. The third kappa shape index (κ3) is 7.55. The number of nitrogens with two attached hydrogens (primary N) is 1. The molecule has 41 heavy (non-hydrogen) atoms. The zero-order valence-corrected chi connectivity index (χ0v) is 24.1. The molecule has 1 amide bonds. The average Bonchev–Trinajstić information content (AvgIpc) is 3.02. The number of aryl methyl sites for hydroxylation is 3. The quantitative estimate of drug-likeness (QED) is 0.148. The summed E-state index contributed by atoms with van der Waals surface area (Å²) >= 11 is 0. The second kappa shape index (κ2) is 15.3. The van der Waals surface area contributed by atoms with Crippen molar-refractivity contribution in [3.05, 3.63) is 111 Å². The van der Waals surface area contributed by atoms with Gasteiger partial charge in [0.1, 0.15) is 17.4 Å². The number of nitrogens with zero attached hydrogens (tertiary/aromatic N) is 3. The lowest BCUT2D eigenvalue weighted by Crippen LogP contribution is -2.28. The lowest BCUT2D eigenvalue weighted by molar-refractivity contribution is -0.106. The fourth-order valence-electron chi connectivity index (χ4n) is 4.52. The summed E-state index contributed by atoms with van der Waals surface area (Å²) in [4.78, 5) is 33.2. The maximum atomic E-state index is 13.8. The minimum atomic E-state index is -0.183. The summed E-state index contributed by atoms with van der Waals surface area (Å²) in [5.74, 6) is 1.81. The van der Waals surface area contributed by atoms with Crippen molar-refractivity contribution in [1.82, 2.24) is 9.55 Å². The number of ether oxygens (including phenoxy) is 1. The molecule has 0 atom stereocenters. The van der Waals surface area contributed by atoms with Gasteiger partial charge in [0.15, 0.2) is 0 Å². The molecule has 0 bridgehead atoms. The highest BCUT2D eigenvalue weighted by atomic mass is 16.5. The Labute approximate surface area is 241 Å². The molecule has 0 radical (unpaired) electrons. The molecular formula is C33H38N4O4. The van der Waals surface area contributed by atoms with E-state index in [1.807, 2.05) is 79.7 Å². The number of amidine groups is 1. The van der Waals surface area contributed by atoms with E-state index in [9.17, 15) is 9.59 Å². The summed E-state index contributed by atoms with van der Waals surface area (Å²) in [7, 11) is 1.00. The smallest absolute Gasteiger partial charge is 0.297 e. The molecule has 8 heteroatoms. The number of amides is 1. The molecule has 1 aromatic heterocycles. The van der Waals surface area contributed by atoms with Crippen LogP contribution in [0.2, 0.25) is 0 Å². The maximum absolute atomic E-state index is 13.8. The Morgan fingerprint density at radius 2 is 1.61 bits per heavy atom. The van der Waals surface area contributed by atoms with E-state index in [1.165, 1.54) is 5.56 Å². The fourth-order valence-corrected chi connectivity index (χ4v) is 4.52. The maximum Gasteiger partial charge on any atom is 0.297 e. The predicted molar refractivity (Wildman–Crippen MR) is 164 cm³/mol. The number of carbonyl (C=O) groups excluding carboxylic acids is 1. The minimum Gasteiger partial charge on any atom is -0.450 e. The van der Waals surface area contributed by atoms with Crippen molar-refractivity contribution in [2.75, 3.05) is 7.11 Å². The monoisotopic (exact) mass is 554 g/mol. The zero-order chi connectivity index (χ0) is 29.8. The summed E-state index contributed by atoms with van der Waals surface area (Å²) in [6, 6.07) is 23.3. The Hall–Kier alpha value is -4.56. The van der Waals surface area contributed by atoms with Crippen LogP contribution < -0.4 is 16.0 Å². The first-order valence-corrected chi connectivity index (χ1v) is 13.8. The molecule has 0 saturated carbocycles. The fraction of sp³-hybridized carbons (Fsp3) is 0.273. The highest BCUT2D eigenvalue weighted by Crippen LogP contribution is 2.26. The van der Waals surface area contributed by atoms with Crippen molar-refractivity contribution < 1.29 is 14.6 Å². The summed E-state index contributed by atoms with van der Waals surface area (Å²) in [6.07, 6.45) is 3.53. The number of hydrogen-bond acceptors (Lipinski definition) is 5. The van der Waals surface area contributed by atoms with Crippen LogP contribution in [0.1, 0.15) is 55.4 Å². The van der Waals surface area contributed by atoms with E-state index >= 15 is 0 Å². The van der Waals surface area contributed by atoms with Gasteiger partial charge in [-0.3, -0.25) is 14.2 Å². The number of carbonyl (C=O) groups is 1. The van der Waals surface area contributed by atoms with Gasteiger partial charge in [-0.25, -0.2) is 4.98 Å². The van der Waals surface area contributed by atoms with E-state index < -0.39 is 0 Å². The van der Waals surface area contributed by atoms with Gasteiger partial charge in [0.2, 0.25) is 12.2 Å². The Kier molecular flexibility index (Phi) is 11.5. The molecule has 214 valence electrons. The van der Waals surface area contributed by atoms with Crippen molar-refractivity contribution in [2.45, 2.75) is 53.0 Å². The highest BCUT2D eigenvalue weighted by Gasteiger charge is 2.18. The van der Waals surface area contributed by atoms with Crippen molar-refractivity contribution in [2.24, 2.45) is 10.7 Å². The molecule has 1 heterocycles. The molecule has 4 rings (SSSR count). The number of aliphatic hydroxyl groups excluding tert-OH is 1. The van der Waals surface area contributed by atoms with Crippen LogP contribution in [0, 0.1) is 0 Å². The van der Waals surface area contributed by atoms with E-state index in [0.29, 0.717) is 42.8 Å². The van der Waals surface area contributed by atoms with Crippen LogP contribution in [0.3, 0.4) is 0 Å². The highest BCUT2D eigenvalue weighted by molar-refractivity contribution is 6.05. The number of aromatic nitrogens is 2. The van der Waals surface area contributed by atoms with Gasteiger partial charge in [-0.05, 0) is 53.6 Å². The summed E-state index contributed by atoms with van der Waals surface area (Å²) in [6.45, 7) is 6.53. The van der Waals surface area contributed by atoms with Crippen LogP contribution in [0.25, 0.3) is 11.1 Å². The van der Waals surface area contributed by atoms with Crippen molar-refractivity contribution >= 4 is 12.2 Å². The summed E-state index contributed by atoms with van der Waals surface area (Å²) < 4.78 is 7.85. The summed E-state index contributed by atoms with van der Waals surface area (Å²) in [5.41, 5.74) is 11.1. The molecule has 0 fully saturated rings. The molecule has 3 aromatic carbocycles. The predicted octanol–water partition coefficient (Wildman–Crippen LogP) is 5.30. The van der Waals surface area contributed by atoms with Gasteiger partial charge in [-0.1, -0.05) is 81.4 Å². The second-order valence-corrected chi connectivity index (χ2v) is 9.26. The molecule has 0 aliphatic rings. The van der Waals surface area contributed by atoms with E-state index in [-0.39, 0.29) is 17.1 Å². The molecule has 0 unspecified atom stereocenters. The Bertz CT molecular complexity index is 1520. The largest absolute Gasteiger partial charge is 0.450 e. The minimum absolute atomic E-state index is 0.166. The summed E-state index contributed by atoms with van der Waals surface area (Å²) in [5, 5.41) is 7.00. The van der Waals surface area contributed by atoms with Gasteiger partial charge < -0.3 is 15.6 Å². The van der Waals surface area contributed by atoms with Crippen LogP contribution in [0.5, 0.6) is 11.5 Å². The van der Waals surface area contributed by atoms with E-state index in [4.69, 9.17) is 20.6 Å². The molecule has 0 spiro atoms. The molecule has 3 N–H and O–H groups in total. The first-order chi connectivity index (χ1) is 20.0. The first-order valence-electron chi connectivity index (χ1n) is 13.8. The van der Waals surface area contributed by atoms with Gasteiger partial charge in [-0.15, -0.1) is 0 Å². The van der Waals surface area contributed by atoms with Gasteiger partial charge in [0, 0.05) is 19.1 Å². The second-order valence-electron chi connectivity index (χ2n) is 9.26.